The summed E-state index contributed by atoms with van der Waals surface area (Å²) in [6.45, 7) is 7.26. The Morgan fingerprint density at radius 3 is 1.65 bits per heavy atom. The van der Waals surface area contributed by atoms with Gasteiger partial charge in [-0.1, -0.05) is 39.5 Å². The van der Waals surface area contributed by atoms with Crippen LogP contribution in [0.2, 0.25) is 0 Å². The molecule has 0 N–H and O–H groups in total. The van der Waals surface area contributed by atoms with Crippen LogP contribution >= 0.6 is 0 Å². The van der Waals surface area contributed by atoms with Crippen molar-refractivity contribution in [1.29, 1.82) is 0 Å². The lowest BCUT2D eigenvalue weighted by molar-refractivity contribution is -0.160. The van der Waals surface area contributed by atoms with E-state index in [1.807, 2.05) is 20.8 Å². The second-order valence-corrected chi connectivity index (χ2v) is 6.22. The molecule has 0 spiro atoms. The molecule has 0 radical (unpaired) electrons. The van der Waals surface area contributed by atoms with Crippen molar-refractivity contribution in [3.8, 4) is 0 Å². The van der Waals surface area contributed by atoms with Gasteiger partial charge in [-0.05, 0) is 32.6 Å². The van der Waals surface area contributed by atoms with E-state index in [1.165, 1.54) is 6.92 Å². The first-order valence-corrected chi connectivity index (χ1v) is 8.76. The molecule has 0 aliphatic heterocycles. The zero-order valence-electron chi connectivity index (χ0n) is 15.1. The highest BCUT2D eigenvalue weighted by molar-refractivity contribution is 5.83. The van der Waals surface area contributed by atoms with Crippen LogP contribution in [0, 0.1) is 0 Å². The molecule has 0 unspecified atom stereocenters. The van der Waals surface area contributed by atoms with Crippen molar-refractivity contribution in [3.05, 3.63) is 0 Å². The molecule has 0 aromatic rings. The molecule has 5 nitrogen and oxygen atoms in total. The summed E-state index contributed by atoms with van der Waals surface area (Å²) in [7, 11) is 0. The summed E-state index contributed by atoms with van der Waals surface area (Å²) in [5.74, 6) is -1.11. The zero-order chi connectivity index (χ0) is 17.7. The number of unbranched alkanes of at least 4 members (excludes halogenated alkanes) is 5. The fourth-order valence-electron chi connectivity index (χ4n) is 2.18. The van der Waals surface area contributed by atoms with Crippen molar-refractivity contribution in [2.75, 3.05) is 0 Å². The third kappa shape index (κ3) is 11.8. The summed E-state index contributed by atoms with van der Waals surface area (Å²) in [6.07, 6.45) is 7.98. The number of ether oxygens (including phenoxy) is 2. The second-order valence-electron chi connectivity index (χ2n) is 6.22. The first kappa shape index (κ1) is 21.6. The van der Waals surface area contributed by atoms with Crippen LogP contribution in [0.5, 0.6) is 0 Å². The maximum atomic E-state index is 11.8. The van der Waals surface area contributed by atoms with Crippen molar-refractivity contribution in [3.63, 3.8) is 0 Å². The van der Waals surface area contributed by atoms with Crippen LogP contribution in [0.4, 0.5) is 0 Å². The molecule has 0 aromatic heterocycles. The zero-order valence-corrected chi connectivity index (χ0v) is 15.1. The van der Waals surface area contributed by atoms with E-state index in [9.17, 15) is 14.4 Å². The van der Waals surface area contributed by atoms with Gasteiger partial charge in [0, 0.05) is 19.8 Å². The van der Waals surface area contributed by atoms with Gasteiger partial charge in [-0.25, -0.2) is 0 Å². The van der Waals surface area contributed by atoms with Crippen LogP contribution in [-0.2, 0) is 23.9 Å². The quantitative estimate of drug-likeness (QED) is 0.303. The third-order valence-electron chi connectivity index (χ3n) is 4.13. The maximum absolute atomic E-state index is 11.8. The molecule has 0 aliphatic carbocycles. The Morgan fingerprint density at radius 1 is 0.783 bits per heavy atom. The van der Waals surface area contributed by atoms with E-state index in [0.717, 1.165) is 51.4 Å². The van der Waals surface area contributed by atoms with E-state index in [1.54, 1.807) is 0 Å². The lowest BCUT2D eigenvalue weighted by Gasteiger charge is -2.26. The number of hydrogen-bond donors (Lipinski definition) is 0. The van der Waals surface area contributed by atoms with Crippen LogP contribution < -0.4 is 0 Å². The standard InChI is InChI=1S/C18H32O5/c1-5-18(4,6-2)23-17(21)14-12-10-8-7-9-11-13-16(20)22-15(3)19/h5-14H2,1-4H3. The molecule has 0 bridgehead atoms. The van der Waals surface area contributed by atoms with E-state index in [0.29, 0.717) is 12.8 Å². The fourth-order valence-corrected chi connectivity index (χ4v) is 2.18. The summed E-state index contributed by atoms with van der Waals surface area (Å²) in [6, 6.07) is 0. The number of esters is 3. The number of rotatable bonds is 12. The van der Waals surface area contributed by atoms with Gasteiger partial charge in [-0.2, -0.15) is 0 Å². The molecule has 134 valence electrons. The smallest absolute Gasteiger partial charge is 0.313 e. The van der Waals surface area contributed by atoms with Crippen LogP contribution in [0.1, 0.15) is 91.9 Å². The van der Waals surface area contributed by atoms with Gasteiger partial charge in [-0.15, -0.1) is 0 Å². The second kappa shape index (κ2) is 12.1. The largest absolute Gasteiger partial charge is 0.459 e. The average molecular weight is 328 g/mol. The Bertz CT molecular complexity index is 372. The van der Waals surface area contributed by atoms with E-state index >= 15 is 0 Å². The van der Waals surface area contributed by atoms with Crippen LogP contribution in [-0.4, -0.2) is 23.5 Å². The highest BCUT2D eigenvalue weighted by atomic mass is 16.6. The van der Waals surface area contributed by atoms with E-state index in [4.69, 9.17) is 4.74 Å². The summed E-state index contributed by atoms with van der Waals surface area (Å²) in [5, 5.41) is 0. The van der Waals surface area contributed by atoms with Gasteiger partial charge in [0.1, 0.15) is 5.60 Å². The van der Waals surface area contributed by atoms with Gasteiger partial charge in [0.15, 0.2) is 0 Å². The molecule has 0 amide bonds. The third-order valence-corrected chi connectivity index (χ3v) is 4.13. The molecule has 0 atom stereocenters. The lowest BCUT2D eigenvalue weighted by atomic mass is 10.00. The Hall–Kier alpha value is -1.39. The first-order chi connectivity index (χ1) is 10.8. The molecule has 0 fully saturated rings. The molecule has 0 heterocycles. The summed E-state index contributed by atoms with van der Waals surface area (Å²) in [4.78, 5) is 33.5. The van der Waals surface area contributed by atoms with Gasteiger partial charge in [0.25, 0.3) is 0 Å². The molecule has 23 heavy (non-hydrogen) atoms. The van der Waals surface area contributed by atoms with Crippen molar-refractivity contribution in [1.82, 2.24) is 0 Å². The average Bonchev–Trinajstić information content (AvgIpc) is 2.49. The maximum Gasteiger partial charge on any atom is 0.313 e. The molecule has 0 rings (SSSR count). The Balaban J connectivity index is 3.54. The SMILES string of the molecule is CCC(C)(CC)OC(=O)CCCCCCCCC(=O)OC(C)=O. The predicted octanol–water partition coefficient (Wildman–Crippen LogP) is 4.32. The number of carbonyl (C=O) groups excluding carboxylic acids is 3. The Labute approximate surface area is 140 Å². The van der Waals surface area contributed by atoms with Crippen LogP contribution in [0.15, 0.2) is 0 Å². The highest BCUT2D eigenvalue weighted by Gasteiger charge is 2.23. The fraction of sp³-hybridized carbons (Fsp3) is 0.833. The van der Waals surface area contributed by atoms with Crippen molar-refractivity contribution in [2.45, 2.75) is 97.5 Å². The topological polar surface area (TPSA) is 69.7 Å². The monoisotopic (exact) mass is 328 g/mol. The van der Waals surface area contributed by atoms with Crippen molar-refractivity contribution < 1.29 is 23.9 Å². The summed E-state index contributed by atoms with van der Waals surface area (Å²) >= 11 is 0. The highest BCUT2D eigenvalue weighted by Crippen LogP contribution is 2.20. The summed E-state index contributed by atoms with van der Waals surface area (Å²) < 4.78 is 9.97. The molecule has 0 aliphatic rings. The summed E-state index contributed by atoms with van der Waals surface area (Å²) in [5.41, 5.74) is -0.328. The Morgan fingerprint density at radius 2 is 1.22 bits per heavy atom. The van der Waals surface area contributed by atoms with E-state index in [2.05, 4.69) is 4.74 Å². The van der Waals surface area contributed by atoms with Crippen molar-refractivity contribution >= 4 is 17.9 Å². The molecular formula is C18H32O5. The normalized spacial score (nSPS) is 11.1. The van der Waals surface area contributed by atoms with Gasteiger partial charge < -0.3 is 9.47 Å². The molecule has 5 heteroatoms. The van der Waals surface area contributed by atoms with Crippen LogP contribution in [0.25, 0.3) is 0 Å². The Kier molecular flexibility index (Phi) is 11.4. The van der Waals surface area contributed by atoms with Gasteiger partial charge in [0.05, 0.1) is 0 Å². The van der Waals surface area contributed by atoms with Gasteiger partial charge in [-0.3, -0.25) is 14.4 Å². The molecule has 0 saturated carbocycles. The minimum atomic E-state index is -0.552. The molecule has 0 aromatic carbocycles. The number of hydrogen-bond acceptors (Lipinski definition) is 5. The van der Waals surface area contributed by atoms with Gasteiger partial charge >= 0.3 is 17.9 Å². The minimum absolute atomic E-state index is 0.108. The molecule has 0 saturated heterocycles. The predicted molar refractivity (Wildman–Crippen MR) is 88.8 cm³/mol. The van der Waals surface area contributed by atoms with Crippen LogP contribution in [0.3, 0.4) is 0 Å². The number of carbonyl (C=O) groups is 3. The van der Waals surface area contributed by atoms with Gasteiger partial charge in [0.2, 0.25) is 0 Å². The van der Waals surface area contributed by atoms with Crippen molar-refractivity contribution in [2.24, 2.45) is 0 Å². The minimum Gasteiger partial charge on any atom is -0.459 e. The van der Waals surface area contributed by atoms with E-state index in [-0.39, 0.29) is 11.6 Å². The lowest BCUT2D eigenvalue weighted by Crippen LogP contribution is -2.29. The first-order valence-electron chi connectivity index (χ1n) is 8.76. The van der Waals surface area contributed by atoms with E-state index < -0.39 is 11.9 Å². The molecular weight excluding hydrogens is 296 g/mol.